The van der Waals surface area contributed by atoms with Gasteiger partial charge in [0.25, 0.3) is 0 Å². The molecule has 0 spiro atoms. The minimum atomic E-state index is 0.421. The number of nitrogens with zero attached hydrogens (tertiary/aromatic N) is 5. The Morgan fingerprint density at radius 2 is 2.32 bits per heavy atom. The van der Waals surface area contributed by atoms with E-state index in [1.54, 1.807) is 11.3 Å². The number of thiophene rings is 1. The molecule has 1 saturated heterocycles. The molecule has 0 aromatic carbocycles. The van der Waals surface area contributed by atoms with Crippen LogP contribution in [0.3, 0.4) is 0 Å². The van der Waals surface area contributed by atoms with Crippen LogP contribution in [0.2, 0.25) is 0 Å². The van der Waals surface area contributed by atoms with E-state index in [2.05, 4.69) is 31.8 Å². The van der Waals surface area contributed by atoms with Gasteiger partial charge in [-0.1, -0.05) is 0 Å². The highest BCUT2D eigenvalue weighted by molar-refractivity contribution is 7.16. The third kappa shape index (κ3) is 3.30. The number of nitriles is 1. The standard InChI is InChI=1S/C19H22N8S/c1-11-9-15(26-25-11)21-17-13-4-8-28-18(13)24-19(23-17)22-16-12-3-7-27(6-2-5-20)10-14(12)16/h4,8-9,12,14,16H,2-3,6-7,10H2,1H3,(H3,21,22,23,24,25,26)/t12-,14+,16-/m0/s1. The normalized spacial score (nSPS) is 23.9. The molecular formula is C19H22N8S. The molecule has 9 heteroatoms. The zero-order valence-electron chi connectivity index (χ0n) is 15.6. The van der Waals surface area contributed by atoms with E-state index in [1.165, 1.54) is 6.42 Å². The summed E-state index contributed by atoms with van der Waals surface area (Å²) in [5, 5.41) is 25.9. The van der Waals surface area contributed by atoms with Crippen molar-refractivity contribution >= 4 is 39.1 Å². The van der Waals surface area contributed by atoms with E-state index in [4.69, 9.17) is 15.2 Å². The summed E-state index contributed by atoms with van der Waals surface area (Å²) < 4.78 is 0. The first kappa shape index (κ1) is 17.4. The van der Waals surface area contributed by atoms with Gasteiger partial charge in [0.2, 0.25) is 5.95 Å². The van der Waals surface area contributed by atoms with Gasteiger partial charge in [-0.15, -0.1) is 11.3 Å². The molecule has 8 nitrogen and oxygen atoms in total. The van der Waals surface area contributed by atoms with Crippen molar-refractivity contribution in [3.63, 3.8) is 0 Å². The smallest absolute Gasteiger partial charge is 0.226 e. The maximum absolute atomic E-state index is 8.80. The Labute approximate surface area is 167 Å². The minimum absolute atomic E-state index is 0.421. The number of hydrogen-bond donors (Lipinski definition) is 3. The van der Waals surface area contributed by atoms with Crippen molar-refractivity contribution in [3.8, 4) is 6.07 Å². The van der Waals surface area contributed by atoms with Crippen LogP contribution in [0, 0.1) is 30.1 Å². The second kappa shape index (κ2) is 7.04. The van der Waals surface area contributed by atoms with Crippen LogP contribution in [0.5, 0.6) is 0 Å². The molecule has 0 radical (unpaired) electrons. The maximum Gasteiger partial charge on any atom is 0.226 e. The third-order valence-corrected chi connectivity index (χ3v) is 6.50. The number of hydrogen-bond acceptors (Lipinski definition) is 8. The first-order valence-corrected chi connectivity index (χ1v) is 10.5. The molecule has 0 amide bonds. The van der Waals surface area contributed by atoms with Gasteiger partial charge in [0.1, 0.15) is 10.6 Å². The predicted octanol–water partition coefficient (Wildman–Crippen LogP) is 3.11. The monoisotopic (exact) mass is 394 g/mol. The largest absolute Gasteiger partial charge is 0.351 e. The lowest BCUT2D eigenvalue weighted by Crippen LogP contribution is -2.32. The van der Waals surface area contributed by atoms with Crippen molar-refractivity contribution in [2.45, 2.75) is 25.8 Å². The number of anilines is 3. The summed E-state index contributed by atoms with van der Waals surface area (Å²) in [7, 11) is 0. The topological polar surface area (TPSA) is 106 Å². The zero-order chi connectivity index (χ0) is 19.1. The van der Waals surface area contributed by atoms with Crippen LogP contribution in [0.1, 0.15) is 18.5 Å². The molecule has 3 N–H and O–H groups in total. The molecule has 3 aromatic rings. The van der Waals surface area contributed by atoms with Crippen LogP contribution in [0.15, 0.2) is 17.5 Å². The van der Waals surface area contributed by atoms with Crippen molar-refractivity contribution in [2.24, 2.45) is 11.8 Å². The Hall–Kier alpha value is -2.70. The Morgan fingerprint density at radius 3 is 3.14 bits per heavy atom. The zero-order valence-corrected chi connectivity index (χ0v) is 16.5. The molecule has 1 saturated carbocycles. The first-order chi connectivity index (χ1) is 13.7. The van der Waals surface area contributed by atoms with Crippen LogP contribution in [0.4, 0.5) is 17.6 Å². The number of aromatic nitrogens is 4. The van der Waals surface area contributed by atoms with Gasteiger partial charge < -0.3 is 15.5 Å². The predicted molar refractivity (Wildman–Crippen MR) is 110 cm³/mol. The number of rotatable bonds is 6. The van der Waals surface area contributed by atoms with E-state index in [1.807, 2.05) is 24.4 Å². The van der Waals surface area contributed by atoms with Crippen LogP contribution in [0.25, 0.3) is 10.2 Å². The van der Waals surface area contributed by atoms with Gasteiger partial charge in [-0.05, 0) is 43.2 Å². The summed E-state index contributed by atoms with van der Waals surface area (Å²) in [6, 6.07) is 6.66. The average molecular weight is 395 g/mol. The van der Waals surface area contributed by atoms with Gasteiger partial charge in [-0.3, -0.25) is 5.10 Å². The minimum Gasteiger partial charge on any atom is -0.351 e. The molecule has 3 atom stereocenters. The SMILES string of the molecule is Cc1cc(Nc2nc(N[C@@H]3[C@@H]4CN(CCC#N)CC[C@@H]43)nc3sccc23)n[nH]1. The second-order valence-corrected chi connectivity index (χ2v) is 8.49. The lowest BCUT2D eigenvalue weighted by atomic mass is 10.1. The van der Waals surface area contributed by atoms with Crippen LogP contribution in [-0.4, -0.2) is 50.7 Å². The van der Waals surface area contributed by atoms with E-state index < -0.39 is 0 Å². The van der Waals surface area contributed by atoms with Gasteiger partial charge in [-0.25, -0.2) is 4.98 Å². The number of H-pyrrole nitrogens is 1. The molecule has 5 rings (SSSR count). The molecule has 1 aliphatic heterocycles. The molecule has 4 heterocycles. The maximum atomic E-state index is 8.80. The van der Waals surface area contributed by atoms with E-state index >= 15 is 0 Å². The second-order valence-electron chi connectivity index (χ2n) is 7.59. The van der Waals surface area contributed by atoms with E-state index in [9.17, 15) is 0 Å². The quantitative estimate of drug-likeness (QED) is 0.590. The van der Waals surface area contributed by atoms with Gasteiger partial charge in [0, 0.05) is 37.3 Å². The van der Waals surface area contributed by atoms with Crippen molar-refractivity contribution in [1.29, 1.82) is 5.26 Å². The van der Waals surface area contributed by atoms with E-state index in [0.717, 1.165) is 47.2 Å². The number of aromatic amines is 1. The van der Waals surface area contributed by atoms with Crippen molar-refractivity contribution in [1.82, 2.24) is 25.1 Å². The number of fused-ring (bicyclic) bond motifs is 2. The molecule has 2 aliphatic rings. The average Bonchev–Trinajstić information content (AvgIpc) is 3.01. The summed E-state index contributed by atoms with van der Waals surface area (Å²) in [6.07, 6.45) is 1.78. The summed E-state index contributed by atoms with van der Waals surface area (Å²) >= 11 is 1.62. The van der Waals surface area contributed by atoms with Gasteiger partial charge in [0.05, 0.1) is 11.5 Å². The number of piperidine rings is 1. The van der Waals surface area contributed by atoms with Crippen molar-refractivity contribution < 1.29 is 0 Å². The molecule has 28 heavy (non-hydrogen) atoms. The van der Waals surface area contributed by atoms with Crippen molar-refractivity contribution in [3.05, 3.63) is 23.2 Å². The highest BCUT2D eigenvalue weighted by Gasteiger charge is 2.52. The van der Waals surface area contributed by atoms with Crippen LogP contribution >= 0.6 is 11.3 Å². The van der Waals surface area contributed by atoms with Crippen LogP contribution in [-0.2, 0) is 0 Å². The van der Waals surface area contributed by atoms with E-state index in [0.29, 0.717) is 30.2 Å². The van der Waals surface area contributed by atoms with Gasteiger partial charge >= 0.3 is 0 Å². The molecule has 144 valence electrons. The fraction of sp³-hybridized carbons (Fsp3) is 0.474. The fourth-order valence-electron chi connectivity index (χ4n) is 4.20. The first-order valence-electron chi connectivity index (χ1n) is 9.61. The molecule has 1 aliphatic carbocycles. The molecule has 0 unspecified atom stereocenters. The fourth-order valence-corrected chi connectivity index (χ4v) is 4.97. The van der Waals surface area contributed by atoms with E-state index in [-0.39, 0.29) is 0 Å². The lowest BCUT2D eigenvalue weighted by Gasteiger charge is -2.24. The van der Waals surface area contributed by atoms with Gasteiger partial charge in [-0.2, -0.15) is 15.3 Å². The van der Waals surface area contributed by atoms with Gasteiger partial charge in [0.15, 0.2) is 5.82 Å². The Balaban J connectivity index is 1.32. The number of aryl methyl sites for hydroxylation is 1. The highest BCUT2D eigenvalue weighted by atomic mass is 32.1. The number of nitrogens with one attached hydrogen (secondary N) is 3. The molecular weight excluding hydrogens is 372 g/mol. The van der Waals surface area contributed by atoms with Crippen LogP contribution < -0.4 is 10.6 Å². The summed E-state index contributed by atoms with van der Waals surface area (Å²) in [5.41, 5.74) is 1.000. The highest BCUT2D eigenvalue weighted by Crippen LogP contribution is 2.47. The van der Waals surface area contributed by atoms with Crippen molar-refractivity contribution in [2.75, 3.05) is 30.3 Å². The Bertz CT molecular complexity index is 1030. The molecule has 3 aromatic heterocycles. The summed E-state index contributed by atoms with van der Waals surface area (Å²) in [5.74, 6) is 3.52. The number of likely N-dealkylation sites (tertiary alicyclic amines) is 1. The summed E-state index contributed by atoms with van der Waals surface area (Å²) in [6.45, 7) is 4.99. The Kier molecular flexibility index (Phi) is 4.37. The molecule has 0 bridgehead atoms. The third-order valence-electron chi connectivity index (χ3n) is 5.69. The molecule has 2 fully saturated rings. The lowest BCUT2D eigenvalue weighted by molar-refractivity contribution is 0.224. The summed E-state index contributed by atoms with van der Waals surface area (Å²) in [4.78, 5) is 12.8. The Morgan fingerprint density at radius 1 is 1.39 bits per heavy atom.